The van der Waals surface area contributed by atoms with Gasteiger partial charge in [0, 0.05) is 94.6 Å². The van der Waals surface area contributed by atoms with E-state index in [4.69, 9.17) is 10.2 Å². The molecular weight excluding hydrogens is 1160 g/mol. The van der Waals surface area contributed by atoms with Crippen LogP contribution in [0.3, 0.4) is 0 Å². The Hall–Kier alpha value is -5.98. The van der Waals surface area contributed by atoms with Gasteiger partial charge in [0.05, 0.1) is 30.7 Å². The second kappa shape index (κ2) is 35.1. The number of rotatable bonds is 38. The zero-order valence-corrected chi connectivity index (χ0v) is 52.7. The minimum atomic E-state index is -4.26. The Labute approximate surface area is 513 Å². The van der Waals surface area contributed by atoms with Crippen LogP contribution in [0.5, 0.6) is 0 Å². The fourth-order valence-corrected chi connectivity index (χ4v) is 11.8. The maximum atomic E-state index is 13.4. The number of nitrogens with zero attached hydrogens (tertiary/aromatic N) is 3. The monoisotopic (exact) mass is 1250 g/mol. The van der Waals surface area contributed by atoms with Gasteiger partial charge < -0.3 is 51.1 Å². The Morgan fingerprint density at radius 1 is 0.709 bits per heavy atom. The Bertz CT molecular complexity index is 3110. The van der Waals surface area contributed by atoms with Crippen LogP contribution < -0.4 is 26.2 Å². The smallest absolute Gasteiger partial charge is 0.267 e. The van der Waals surface area contributed by atoms with E-state index in [9.17, 15) is 51.1 Å². The van der Waals surface area contributed by atoms with E-state index in [0.29, 0.717) is 102 Å². The Morgan fingerprint density at radius 3 is 1.90 bits per heavy atom. The maximum Gasteiger partial charge on any atom is 0.267 e. The molecule has 0 fully saturated rings. The van der Waals surface area contributed by atoms with Crippen molar-refractivity contribution in [2.24, 2.45) is 0 Å². The summed E-state index contributed by atoms with van der Waals surface area (Å²) in [6.07, 6.45) is 23.2. The summed E-state index contributed by atoms with van der Waals surface area (Å²) in [5.74, 6) is -0.694. The zero-order valence-electron chi connectivity index (χ0n) is 50.3. The van der Waals surface area contributed by atoms with Gasteiger partial charge in [-0.1, -0.05) is 107 Å². The van der Waals surface area contributed by atoms with Crippen LogP contribution in [0.15, 0.2) is 100 Å². The topological polar surface area (TPSA) is 321 Å². The first-order valence-electron chi connectivity index (χ1n) is 29.9. The minimum absolute atomic E-state index is 0.00356. The maximum absolute atomic E-state index is 13.4. The quantitative estimate of drug-likeness (QED) is 0.00648. The average molecular weight is 1250 g/mol. The van der Waals surface area contributed by atoms with Crippen molar-refractivity contribution in [3.63, 3.8) is 0 Å². The number of hydrogen-bond donors (Lipinski definition) is 9. The van der Waals surface area contributed by atoms with E-state index in [1.54, 1.807) is 6.07 Å². The SMILES string of the molecule is CC(CCC1=C=C(/C=C/C=C/C=C/C=C2/N(CCCCCC(=O)NCCCCCCCC(=O)Nc3nnc(S(=O)[O-])s3)c3ccc(C(=O)NCCCC[C@H](O)CO)cc3C2(C)C)C(C)(C)c2cc(C(=O)NCCCC[C@H](O)CO)ccc21)S(=O)(=O)O. The molecule has 2 unspecified atom stereocenters. The van der Waals surface area contributed by atoms with Gasteiger partial charge in [0.1, 0.15) is 0 Å². The first kappa shape index (κ1) is 70.8. The van der Waals surface area contributed by atoms with Gasteiger partial charge in [-0.05, 0) is 137 Å². The van der Waals surface area contributed by atoms with E-state index >= 15 is 0 Å². The number of carbonyl (C=O) groups is 4. The summed E-state index contributed by atoms with van der Waals surface area (Å²) in [4.78, 5) is 54.0. The molecule has 2 aromatic carbocycles. The van der Waals surface area contributed by atoms with Crippen LogP contribution in [0.1, 0.15) is 188 Å². The molecule has 472 valence electrons. The number of unbranched alkanes of at least 4 members (excludes halogenated alkanes) is 8. The number of carbonyl (C=O) groups excluding carboxylic acids is 4. The molecule has 1 aliphatic heterocycles. The van der Waals surface area contributed by atoms with Gasteiger partial charge in [-0.2, -0.15) is 8.42 Å². The Balaban J connectivity index is 1.22. The molecule has 0 bridgehead atoms. The molecule has 2 aliphatic rings. The van der Waals surface area contributed by atoms with Crippen molar-refractivity contribution in [3.8, 4) is 0 Å². The number of allylic oxidation sites excluding steroid dienone is 9. The minimum Gasteiger partial charge on any atom is -0.767 e. The summed E-state index contributed by atoms with van der Waals surface area (Å²) in [6, 6.07) is 11.2. The summed E-state index contributed by atoms with van der Waals surface area (Å²) < 4.78 is 55.5. The molecule has 3 aromatic rings. The molecule has 0 spiro atoms. The number of aliphatic hydroxyl groups excluding tert-OH is 4. The van der Waals surface area contributed by atoms with Gasteiger partial charge in [-0.25, -0.2) is 0 Å². The summed E-state index contributed by atoms with van der Waals surface area (Å²) >= 11 is -1.70. The van der Waals surface area contributed by atoms with E-state index in [1.165, 1.54) is 6.92 Å². The number of anilines is 2. The Kier molecular flexibility index (Phi) is 28.9. The van der Waals surface area contributed by atoms with Crippen molar-refractivity contribution in [1.29, 1.82) is 0 Å². The highest BCUT2D eigenvalue weighted by molar-refractivity contribution is 7.86. The molecular formula is C63H88N7O13S3-. The van der Waals surface area contributed by atoms with Crippen LogP contribution in [0.2, 0.25) is 0 Å². The van der Waals surface area contributed by atoms with Crippen LogP contribution >= 0.6 is 11.3 Å². The second-order valence-electron chi connectivity index (χ2n) is 23.0. The van der Waals surface area contributed by atoms with Gasteiger partial charge in [0.15, 0.2) is 4.34 Å². The summed E-state index contributed by atoms with van der Waals surface area (Å²) in [6.45, 7) is 11.3. The van der Waals surface area contributed by atoms with Crippen LogP contribution in [0.25, 0.3) is 5.57 Å². The highest BCUT2D eigenvalue weighted by Crippen LogP contribution is 2.48. The predicted molar refractivity (Wildman–Crippen MR) is 336 cm³/mol. The number of benzene rings is 2. The molecule has 0 saturated heterocycles. The van der Waals surface area contributed by atoms with Gasteiger partial charge >= 0.3 is 0 Å². The van der Waals surface area contributed by atoms with Crippen LogP contribution in [0, 0.1) is 0 Å². The first-order chi connectivity index (χ1) is 41.0. The van der Waals surface area contributed by atoms with Crippen molar-refractivity contribution < 1.29 is 61.3 Å². The lowest BCUT2D eigenvalue weighted by molar-refractivity contribution is -0.121. The fraction of sp³-hybridized carbons (Fsp3) is 0.540. The van der Waals surface area contributed by atoms with Gasteiger partial charge in [-0.15, -0.1) is 15.9 Å². The molecule has 20 nitrogen and oxygen atoms in total. The van der Waals surface area contributed by atoms with Crippen LogP contribution in [-0.2, 0) is 41.6 Å². The van der Waals surface area contributed by atoms with Gasteiger partial charge in [-0.3, -0.25) is 27.9 Å². The fourth-order valence-electron chi connectivity index (χ4n) is 10.3. The number of fused-ring (bicyclic) bond motifs is 2. The van der Waals surface area contributed by atoms with Gasteiger partial charge in [0.25, 0.3) is 21.9 Å². The molecule has 4 atom stereocenters. The molecule has 5 rings (SSSR count). The van der Waals surface area contributed by atoms with Crippen molar-refractivity contribution in [2.75, 3.05) is 49.6 Å². The third-order valence-electron chi connectivity index (χ3n) is 15.6. The highest BCUT2D eigenvalue weighted by atomic mass is 32.2. The molecule has 0 saturated carbocycles. The summed E-state index contributed by atoms with van der Waals surface area (Å²) in [5, 5.41) is 55.5. The number of aromatic nitrogens is 2. The third kappa shape index (κ3) is 22.0. The number of hydrogen-bond acceptors (Lipinski definition) is 16. The average Bonchev–Trinajstić information content (AvgIpc) is 1.45. The van der Waals surface area contributed by atoms with Crippen LogP contribution in [-0.4, -0.2) is 133 Å². The molecule has 1 aliphatic carbocycles. The lowest BCUT2D eigenvalue weighted by Crippen LogP contribution is -2.27. The lowest BCUT2D eigenvalue weighted by Gasteiger charge is -2.32. The zero-order chi connectivity index (χ0) is 62.9. The van der Waals surface area contributed by atoms with Crippen molar-refractivity contribution in [3.05, 3.63) is 124 Å². The number of amides is 4. The largest absolute Gasteiger partial charge is 0.767 e. The normalized spacial score (nSPS) is 16.4. The standard InChI is InChI=1S/C63H89N7O13S3/c1-44(86(81,82)83)29-30-45-39-48(62(2,3)52-40-46(31-33-51(45)52)58(77)65-36-20-17-24-49(73)42-71)23-13-8-6-9-14-26-55-63(4,5)53-41-47(59(78)66-37-21-18-25-50(74)43-72)32-34-54(53)70(55)38-22-12-16-27-56(75)64-35-19-11-7-10-15-28-57(76)67-60-68-69-61(84-60)85(79)80/h6,8-9,13-14,23,26,31-34,40-41,44,49-50,71-74H,7,10-12,15-22,24-25,27-30,35-38,42-43H2,1-5H3,(H,64,75)(H,65,77)(H,66,78)(H,79,80)(H,67,68,76)(H,81,82,83)/p-1/b8-6+,14-9+,23-13+,55-26+/t44?,49-,50-/m0/s1. The molecule has 9 N–H and O–H groups in total. The van der Waals surface area contributed by atoms with Crippen molar-refractivity contribution in [2.45, 2.75) is 183 Å². The molecule has 2 heterocycles. The molecule has 23 heteroatoms. The third-order valence-corrected chi connectivity index (χ3v) is 18.5. The highest BCUT2D eigenvalue weighted by Gasteiger charge is 2.40. The molecule has 4 amide bonds. The Morgan fingerprint density at radius 2 is 1.27 bits per heavy atom. The van der Waals surface area contributed by atoms with E-state index in [0.717, 1.165) is 89.1 Å². The predicted octanol–water partition coefficient (Wildman–Crippen LogP) is 8.55. The van der Waals surface area contributed by atoms with E-state index in [-0.39, 0.29) is 59.2 Å². The number of nitrogens with one attached hydrogen (secondary N) is 4. The second-order valence-corrected chi connectivity index (χ2v) is 26.9. The summed E-state index contributed by atoms with van der Waals surface area (Å²) in [7, 11) is -4.26. The van der Waals surface area contributed by atoms with Crippen molar-refractivity contribution >= 4 is 72.6 Å². The first-order valence-corrected chi connectivity index (χ1v) is 33.3. The number of aliphatic hydroxyl groups is 4. The molecule has 86 heavy (non-hydrogen) atoms. The van der Waals surface area contributed by atoms with E-state index in [2.05, 4.69) is 62.0 Å². The van der Waals surface area contributed by atoms with Crippen LogP contribution in [0.4, 0.5) is 10.8 Å². The van der Waals surface area contributed by atoms with E-state index in [1.807, 2.05) is 80.6 Å². The lowest BCUT2D eigenvalue weighted by atomic mass is 9.70. The molecule has 0 radical (unpaired) electrons. The van der Waals surface area contributed by atoms with Gasteiger partial charge in [0.2, 0.25) is 16.9 Å². The van der Waals surface area contributed by atoms with E-state index < -0.39 is 49.5 Å². The summed E-state index contributed by atoms with van der Waals surface area (Å²) in [5.41, 5.74) is 9.77. The molecule has 1 aromatic heterocycles. The van der Waals surface area contributed by atoms with Crippen molar-refractivity contribution in [1.82, 2.24) is 26.1 Å².